The third kappa shape index (κ3) is 2.88. The van der Waals surface area contributed by atoms with Crippen molar-refractivity contribution in [2.75, 3.05) is 6.54 Å². The summed E-state index contributed by atoms with van der Waals surface area (Å²) < 4.78 is 0. The summed E-state index contributed by atoms with van der Waals surface area (Å²) >= 11 is 0. The van der Waals surface area contributed by atoms with Gasteiger partial charge in [-0.1, -0.05) is 36.3 Å². The SMILES string of the molecule is C#CCN[C@H](C)[C@H](O)c1ccccc1. The van der Waals surface area contributed by atoms with Crippen molar-refractivity contribution in [3.05, 3.63) is 35.9 Å². The van der Waals surface area contributed by atoms with Crippen molar-refractivity contribution in [1.82, 2.24) is 5.32 Å². The van der Waals surface area contributed by atoms with Crippen LogP contribution in [0.3, 0.4) is 0 Å². The van der Waals surface area contributed by atoms with E-state index in [1.165, 1.54) is 0 Å². The normalized spacial score (nSPS) is 14.4. The third-order valence-corrected chi connectivity index (χ3v) is 2.14. The van der Waals surface area contributed by atoms with Gasteiger partial charge >= 0.3 is 0 Å². The number of hydrogen-bond acceptors (Lipinski definition) is 2. The minimum atomic E-state index is -0.510. The summed E-state index contributed by atoms with van der Waals surface area (Å²) in [6, 6.07) is 9.51. The van der Waals surface area contributed by atoms with E-state index in [-0.39, 0.29) is 6.04 Å². The van der Waals surface area contributed by atoms with Crippen LogP contribution in [0.1, 0.15) is 18.6 Å². The van der Waals surface area contributed by atoms with Gasteiger partial charge in [-0.05, 0) is 12.5 Å². The van der Waals surface area contributed by atoms with Gasteiger partial charge in [0.25, 0.3) is 0 Å². The number of terminal acetylenes is 1. The molecule has 2 atom stereocenters. The Bertz CT molecular complexity index is 302. The fraction of sp³-hybridized carbons (Fsp3) is 0.333. The van der Waals surface area contributed by atoms with Crippen LogP contribution in [-0.2, 0) is 0 Å². The van der Waals surface area contributed by atoms with Gasteiger partial charge in [-0.3, -0.25) is 0 Å². The predicted molar refractivity (Wildman–Crippen MR) is 57.7 cm³/mol. The van der Waals surface area contributed by atoms with E-state index in [1.54, 1.807) is 0 Å². The van der Waals surface area contributed by atoms with Crippen LogP contribution in [0.25, 0.3) is 0 Å². The van der Waals surface area contributed by atoms with E-state index >= 15 is 0 Å². The van der Waals surface area contributed by atoms with E-state index < -0.39 is 6.10 Å². The molecule has 2 heteroatoms. The Hall–Kier alpha value is -1.30. The quantitative estimate of drug-likeness (QED) is 0.700. The molecule has 0 saturated heterocycles. The molecule has 2 nitrogen and oxygen atoms in total. The second-order valence-corrected chi connectivity index (χ2v) is 3.23. The Labute approximate surface area is 85.0 Å². The van der Waals surface area contributed by atoms with Crippen LogP contribution in [0.2, 0.25) is 0 Å². The molecule has 1 rings (SSSR count). The van der Waals surface area contributed by atoms with Crippen LogP contribution in [0.5, 0.6) is 0 Å². The number of benzene rings is 1. The molecule has 0 spiro atoms. The topological polar surface area (TPSA) is 32.3 Å². The number of aliphatic hydroxyl groups is 1. The lowest BCUT2D eigenvalue weighted by atomic mass is 10.0. The van der Waals surface area contributed by atoms with Gasteiger partial charge in [0.15, 0.2) is 0 Å². The third-order valence-electron chi connectivity index (χ3n) is 2.14. The molecule has 1 aromatic rings. The average molecular weight is 189 g/mol. The number of hydrogen-bond donors (Lipinski definition) is 2. The van der Waals surface area contributed by atoms with Gasteiger partial charge in [0, 0.05) is 6.04 Å². The van der Waals surface area contributed by atoms with E-state index in [4.69, 9.17) is 6.42 Å². The Balaban J connectivity index is 2.57. The summed E-state index contributed by atoms with van der Waals surface area (Å²) in [5, 5.41) is 12.9. The molecule has 0 unspecified atom stereocenters. The van der Waals surface area contributed by atoms with Crippen molar-refractivity contribution in [3.63, 3.8) is 0 Å². The number of aliphatic hydroxyl groups excluding tert-OH is 1. The molecule has 14 heavy (non-hydrogen) atoms. The maximum absolute atomic E-state index is 9.88. The van der Waals surface area contributed by atoms with Crippen LogP contribution >= 0.6 is 0 Å². The molecule has 0 fully saturated rings. The van der Waals surface area contributed by atoms with E-state index in [1.807, 2.05) is 37.3 Å². The number of rotatable bonds is 4. The van der Waals surface area contributed by atoms with Crippen molar-refractivity contribution in [3.8, 4) is 12.3 Å². The summed E-state index contributed by atoms with van der Waals surface area (Å²) in [4.78, 5) is 0. The first-order valence-corrected chi connectivity index (χ1v) is 4.65. The highest BCUT2D eigenvalue weighted by atomic mass is 16.3. The van der Waals surface area contributed by atoms with Gasteiger partial charge in [0.05, 0.1) is 12.6 Å². The zero-order valence-corrected chi connectivity index (χ0v) is 8.27. The Morgan fingerprint density at radius 3 is 2.64 bits per heavy atom. The molecule has 0 bridgehead atoms. The molecule has 0 aliphatic heterocycles. The lowest BCUT2D eigenvalue weighted by Crippen LogP contribution is -2.32. The molecule has 74 valence electrons. The largest absolute Gasteiger partial charge is 0.387 e. The highest BCUT2D eigenvalue weighted by Crippen LogP contribution is 2.15. The lowest BCUT2D eigenvalue weighted by Gasteiger charge is -2.19. The minimum absolute atomic E-state index is 0.0338. The Morgan fingerprint density at radius 1 is 1.43 bits per heavy atom. The van der Waals surface area contributed by atoms with Crippen LogP contribution in [-0.4, -0.2) is 17.7 Å². The maximum Gasteiger partial charge on any atom is 0.0940 e. The van der Waals surface area contributed by atoms with Crippen LogP contribution in [0, 0.1) is 12.3 Å². The smallest absolute Gasteiger partial charge is 0.0940 e. The summed E-state index contributed by atoms with van der Waals surface area (Å²) in [5.74, 6) is 2.48. The summed E-state index contributed by atoms with van der Waals surface area (Å²) in [6.07, 6.45) is 4.61. The van der Waals surface area contributed by atoms with Crippen molar-refractivity contribution < 1.29 is 5.11 Å². The van der Waals surface area contributed by atoms with E-state index in [2.05, 4.69) is 11.2 Å². The predicted octanol–water partition coefficient (Wildman–Crippen LogP) is 1.33. The first-order valence-electron chi connectivity index (χ1n) is 4.65. The van der Waals surface area contributed by atoms with Gasteiger partial charge in [-0.2, -0.15) is 0 Å². The summed E-state index contributed by atoms with van der Waals surface area (Å²) in [5.41, 5.74) is 0.907. The second-order valence-electron chi connectivity index (χ2n) is 3.23. The Morgan fingerprint density at radius 2 is 2.07 bits per heavy atom. The Kier molecular flexibility index (Phi) is 4.18. The molecule has 0 aliphatic rings. The minimum Gasteiger partial charge on any atom is -0.387 e. The molecule has 0 aromatic heterocycles. The van der Waals surface area contributed by atoms with Crippen molar-refractivity contribution in [2.45, 2.75) is 19.1 Å². The summed E-state index contributed by atoms with van der Waals surface area (Å²) in [7, 11) is 0. The molecule has 1 aromatic carbocycles. The maximum atomic E-state index is 9.88. The molecule has 0 aliphatic carbocycles. The molecule has 0 heterocycles. The molecular formula is C12H15NO. The average Bonchev–Trinajstić information content (AvgIpc) is 2.26. The van der Waals surface area contributed by atoms with Gasteiger partial charge in [0.2, 0.25) is 0 Å². The van der Waals surface area contributed by atoms with E-state index in [9.17, 15) is 5.11 Å². The van der Waals surface area contributed by atoms with Crippen LogP contribution in [0.15, 0.2) is 30.3 Å². The van der Waals surface area contributed by atoms with Gasteiger partial charge in [0.1, 0.15) is 0 Å². The zero-order chi connectivity index (χ0) is 10.4. The van der Waals surface area contributed by atoms with E-state index in [0.717, 1.165) is 5.56 Å². The van der Waals surface area contributed by atoms with Crippen molar-refractivity contribution >= 4 is 0 Å². The van der Waals surface area contributed by atoms with Crippen molar-refractivity contribution in [2.24, 2.45) is 0 Å². The van der Waals surface area contributed by atoms with Gasteiger partial charge < -0.3 is 10.4 Å². The van der Waals surface area contributed by atoms with Gasteiger partial charge in [-0.15, -0.1) is 6.42 Å². The molecular weight excluding hydrogens is 174 g/mol. The van der Waals surface area contributed by atoms with Gasteiger partial charge in [-0.25, -0.2) is 0 Å². The standard InChI is InChI=1S/C12H15NO/c1-3-9-13-10(2)12(14)11-7-5-4-6-8-11/h1,4-8,10,12-14H,9H2,2H3/t10-,12+/m1/s1. The second kappa shape index (κ2) is 5.43. The monoisotopic (exact) mass is 189 g/mol. The number of nitrogens with one attached hydrogen (secondary N) is 1. The fourth-order valence-corrected chi connectivity index (χ4v) is 1.27. The molecule has 0 radical (unpaired) electrons. The van der Waals surface area contributed by atoms with Crippen LogP contribution in [0.4, 0.5) is 0 Å². The molecule has 0 amide bonds. The highest BCUT2D eigenvalue weighted by Gasteiger charge is 2.14. The first kappa shape index (κ1) is 10.8. The summed E-state index contributed by atoms with van der Waals surface area (Å²) in [6.45, 7) is 2.39. The van der Waals surface area contributed by atoms with Crippen LogP contribution < -0.4 is 5.32 Å². The first-order chi connectivity index (χ1) is 6.75. The lowest BCUT2D eigenvalue weighted by molar-refractivity contribution is 0.138. The van der Waals surface area contributed by atoms with Crippen molar-refractivity contribution in [1.29, 1.82) is 0 Å². The fourth-order valence-electron chi connectivity index (χ4n) is 1.27. The van der Waals surface area contributed by atoms with E-state index in [0.29, 0.717) is 6.54 Å². The zero-order valence-electron chi connectivity index (χ0n) is 8.27. The molecule has 2 N–H and O–H groups in total. The molecule has 0 saturated carbocycles. The highest BCUT2D eigenvalue weighted by molar-refractivity contribution is 5.18.